The van der Waals surface area contributed by atoms with Crippen molar-refractivity contribution >= 4 is 22.3 Å². The molecular formula is C5H9N3O6S. The number of β-lactam (4-membered cyclic amide) rings is 1. The fourth-order valence-electron chi connectivity index (χ4n) is 1.16. The van der Waals surface area contributed by atoms with Gasteiger partial charge in [0, 0.05) is 0 Å². The van der Waals surface area contributed by atoms with Gasteiger partial charge in [-0.2, -0.15) is 8.42 Å². The Labute approximate surface area is 84.8 Å². The van der Waals surface area contributed by atoms with E-state index in [-0.39, 0.29) is 4.31 Å². The second-order valence-electron chi connectivity index (χ2n) is 2.84. The van der Waals surface area contributed by atoms with Crippen LogP contribution in [0, 0.1) is 0 Å². The number of carbonyl (C=O) groups excluding carboxylic acids is 2. The van der Waals surface area contributed by atoms with E-state index in [1.807, 2.05) is 0 Å². The van der Waals surface area contributed by atoms with E-state index in [0.29, 0.717) is 0 Å². The number of hydrogen-bond donors (Lipinski definition) is 3. The molecule has 1 fully saturated rings. The van der Waals surface area contributed by atoms with Gasteiger partial charge in [0.15, 0.2) is 0 Å². The molecule has 0 aromatic carbocycles. The molecule has 1 saturated heterocycles. The van der Waals surface area contributed by atoms with Crippen molar-refractivity contribution in [3.8, 4) is 0 Å². The van der Waals surface area contributed by atoms with Gasteiger partial charge in [0.1, 0.15) is 18.7 Å². The van der Waals surface area contributed by atoms with E-state index >= 15 is 0 Å². The number of carbonyl (C=O) groups is 2. The van der Waals surface area contributed by atoms with Crippen molar-refractivity contribution < 1.29 is 27.3 Å². The van der Waals surface area contributed by atoms with Crippen LogP contribution in [0.3, 0.4) is 0 Å². The molecule has 0 saturated carbocycles. The third-order valence-electron chi connectivity index (χ3n) is 1.86. The molecule has 0 bridgehead atoms. The number of nitrogens with two attached hydrogens (primary N) is 2. The van der Waals surface area contributed by atoms with E-state index in [1.54, 1.807) is 0 Å². The van der Waals surface area contributed by atoms with Crippen molar-refractivity contribution in [1.82, 2.24) is 4.31 Å². The normalized spacial score (nSPS) is 26.0. The molecule has 1 rings (SSSR count). The number of hydrogen-bond acceptors (Lipinski definition) is 6. The molecule has 2 atom stereocenters. The van der Waals surface area contributed by atoms with Gasteiger partial charge in [-0.15, -0.1) is 0 Å². The van der Waals surface area contributed by atoms with Gasteiger partial charge in [0.25, 0.3) is 5.91 Å². The van der Waals surface area contributed by atoms with Crippen molar-refractivity contribution in [3.05, 3.63) is 0 Å². The predicted molar refractivity (Wildman–Crippen MR) is 45.7 cm³/mol. The summed E-state index contributed by atoms with van der Waals surface area (Å²) in [4.78, 5) is 21.2. The summed E-state index contributed by atoms with van der Waals surface area (Å²) >= 11 is 0. The molecule has 86 valence electrons. The second-order valence-corrected chi connectivity index (χ2v) is 4.12. The highest BCUT2D eigenvalue weighted by Crippen LogP contribution is 2.21. The highest BCUT2D eigenvalue weighted by molar-refractivity contribution is 7.84. The highest BCUT2D eigenvalue weighted by atomic mass is 32.2. The molecule has 15 heavy (non-hydrogen) atoms. The molecule has 1 heterocycles. The van der Waals surface area contributed by atoms with Crippen LogP contribution in [0.15, 0.2) is 0 Å². The van der Waals surface area contributed by atoms with Crippen LogP contribution in [0.25, 0.3) is 0 Å². The summed E-state index contributed by atoms with van der Waals surface area (Å²) in [5.41, 5.74) is 9.88. The van der Waals surface area contributed by atoms with Crippen molar-refractivity contribution in [2.75, 3.05) is 6.61 Å². The SMILES string of the molecule is NC(=O)OC[C@H]1[C@@H](N)C(=O)N1S(=O)(=O)O. The first-order valence-corrected chi connectivity index (χ1v) is 5.13. The molecule has 0 radical (unpaired) electrons. The summed E-state index contributed by atoms with van der Waals surface area (Å²) in [6, 6.07) is -2.24. The molecule has 10 heteroatoms. The van der Waals surface area contributed by atoms with Crippen LogP contribution in [-0.4, -0.2) is 48.0 Å². The summed E-state index contributed by atoms with van der Waals surface area (Å²) in [6.45, 7) is -0.484. The van der Waals surface area contributed by atoms with Crippen LogP contribution in [0.4, 0.5) is 4.79 Å². The molecule has 0 aliphatic carbocycles. The minimum Gasteiger partial charge on any atom is -0.447 e. The van der Waals surface area contributed by atoms with Crippen molar-refractivity contribution in [3.63, 3.8) is 0 Å². The molecule has 5 N–H and O–H groups in total. The third-order valence-corrected chi connectivity index (χ3v) is 2.81. The van der Waals surface area contributed by atoms with Gasteiger partial charge in [-0.25, -0.2) is 9.10 Å². The summed E-state index contributed by atoms with van der Waals surface area (Å²) in [7, 11) is -4.67. The fraction of sp³-hybridized carbons (Fsp3) is 0.600. The lowest BCUT2D eigenvalue weighted by Crippen LogP contribution is -2.71. The van der Waals surface area contributed by atoms with Gasteiger partial charge in [-0.1, -0.05) is 0 Å². The maximum atomic E-state index is 11.0. The molecule has 0 aromatic rings. The number of rotatable bonds is 3. The van der Waals surface area contributed by atoms with Crippen LogP contribution < -0.4 is 11.5 Å². The minimum absolute atomic E-state index is 0.139. The molecule has 1 aliphatic heterocycles. The Balaban J connectivity index is 2.72. The zero-order chi connectivity index (χ0) is 11.8. The standard InChI is InChI=1S/C5H9N3O6S/c6-3-2(1-14-5(7)10)8(4(3)9)15(11,12)13/h2-3H,1,6H2,(H2,7,10)(H,11,12,13)/t2-,3+/m0/s1. The average Bonchev–Trinajstić information content (AvgIpc) is 2.07. The van der Waals surface area contributed by atoms with Crippen LogP contribution in [-0.2, 0) is 19.8 Å². The summed E-state index contributed by atoms with van der Waals surface area (Å²) in [5.74, 6) is -0.962. The maximum Gasteiger partial charge on any atom is 0.404 e. The largest absolute Gasteiger partial charge is 0.447 e. The Morgan fingerprint density at radius 2 is 2.13 bits per heavy atom. The van der Waals surface area contributed by atoms with Gasteiger partial charge in [-0.05, 0) is 0 Å². The monoisotopic (exact) mass is 239 g/mol. The summed E-state index contributed by atoms with van der Waals surface area (Å²) < 4.78 is 34.3. The smallest absolute Gasteiger partial charge is 0.404 e. The van der Waals surface area contributed by atoms with Crippen LogP contribution in [0.5, 0.6) is 0 Å². The highest BCUT2D eigenvalue weighted by Gasteiger charge is 2.51. The quantitative estimate of drug-likeness (QED) is 0.361. The average molecular weight is 239 g/mol. The molecule has 1 aliphatic rings. The van der Waals surface area contributed by atoms with Crippen molar-refractivity contribution in [2.45, 2.75) is 12.1 Å². The molecule has 2 amide bonds. The van der Waals surface area contributed by atoms with E-state index in [0.717, 1.165) is 0 Å². The zero-order valence-electron chi connectivity index (χ0n) is 7.36. The van der Waals surface area contributed by atoms with Crippen LogP contribution >= 0.6 is 0 Å². The molecule has 9 nitrogen and oxygen atoms in total. The van der Waals surface area contributed by atoms with Gasteiger partial charge in [-0.3, -0.25) is 9.35 Å². The fourth-order valence-corrected chi connectivity index (χ4v) is 2.05. The Morgan fingerprint density at radius 1 is 1.60 bits per heavy atom. The Bertz CT molecular complexity index is 392. The lowest BCUT2D eigenvalue weighted by atomic mass is 10.0. The number of nitrogens with zero attached hydrogens (tertiary/aromatic N) is 1. The number of ether oxygens (including phenoxy) is 1. The van der Waals surface area contributed by atoms with E-state index in [1.165, 1.54) is 0 Å². The van der Waals surface area contributed by atoms with Gasteiger partial charge < -0.3 is 16.2 Å². The Hall–Kier alpha value is -1.39. The maximum absolute atomic E-state index is 11.0. The predicted octanol–water partition coefficient (Wildman–Crippen LogP) is -2.58. The molecule has 0 aromatic heterocycles. The first kappa shape index (κ1) is 11.7. The molecule has 0 spiro atoms. The van der Waals surface area contributed by atoms with Gasteiger partial charge in [0.2, 0.25) is 0 Å². The Morgan fingerprint density at radius 3 is 2.53 bits per heavy atom. The van der Waals surface area contributed by atoms with Crippen LogP contribution in [0.1, 0.15) is 0 Å². The molecular weight excluding hydrogens is 230 g/mol. The van der Waals surface area contributed by atoms with Gasteiger partial charge in [0.05, 0.1) is 0 Å². The van der Waals surface area contributed by atoms with E-state index in [9.17, 15) is 18.0 Å². The molecule has 0 unspecified atom stereocenters. The van der Waals surface area contributed by atoms with Crippen molar-refractivity contribution in [2.24, 2.45) is 11.5 Å². The van der Waals surface area contributed by atoms with E-state index < -0.39 is 41.0 Å². The summed E-state index contributed by atoms with van der Waals surface area (Å²) in [6.07, 6.45) is -1.13. The second kappa shape index (κ2) is 3.64. The first-order chi connectivity index (χ1) is 6.75. The number of amides is 2. The number of primary amides is 1. The third kappa shape index (κ3) is 2.16. The first-order valence-electron chi connectivity index (χ1n) is 3.73. The topological polar surface area (TPSA) is 153 Å². The lowest BCUT2D eigenvalue weighted by Gasteiger charge is -2.41. The van der Waals surface area contributed by atoms with E-state index in [2.05, 4.69) is 10.5 Å². The van der Waals surface area contributed by atoms with Crippen molar-refractivity contribution in [1.29, 1.82) is 0 Å². The lowest BCUT2D eigenvalue weighted by molar-refractivity contribution is -0.142. The zero-order valence-corrected chi connectivity index (χ0v) is 8.18. The minimum atomic E-state index is -4.67. The van der Waals surface area contributed by atoms with E-state index in [4.69, 9.17) is 10.3 Å². The Kier molecular flexibility index (Phi) is 2.83. The van der Waals surface area contributed by atoms with Gasteiger partial charge >= 0.3 is 16.4 Å². The summed E-state index contributed by atoms with van der Waals surface area (Å²) in [5, 5.41) is 0. The van der Waals surface area contributed by atoms with Crippen LogP contribution in [0.2, 0.25) is 0 Å².